The first-order valence-electron chi connectivity index (χ1n) is 7.68. The van der Waals surface area contributed by atoms with Gasteiger partial charge in [-0.15, -0.1) is 0 Å². The SMILES string of the molecule is O=S(=O)(c1cc(F)ccc1F)N1CCCC1CN1CCCC1. The van der Waals surface area contributed by atoms with E-state index in [4.69, 9.17) is 0 Å². The number of rotatable bonds is 4. The van der Waals surface area contributed by atoms with Gasteiger partial charge in [0.1, 0.15) is 16.5 Å². The zero-order chi connectivity index (χ0) is 15.7. The highest BCUT2D eigenvalue weighted by Crippen LogP contribution is 2.29. The van der Waals surface area contributed by atoms with E-state index in [9.17, 15) is 17.2 Å². The molecule has 1 aromatic carbocycles. The number of hydrogen-bond acceptors (Lipinski definition) is 3. The van der Waals surface area contributed by atoms with Crippen LogP contribution in [0.2, 0.25) is 0 Å². The Balaban J connectivity index is 1.85. The molecule has 0 bridgehead atoms. The largest absolute Gasteiger partial charge is 0.302 e. The lowest BCUT2D eigenvalue weighted by molar-refractivity contribution is 0.257. The quantitative estimate of drug-likeness (QED) is 0.850. The Morgan fingerprint density at radius 1 is 1.09 bits per heavy atom. The minimum absolute atomic E-state index is 0.147. The van der Waals surface area contributed by atoms with Gasteiger partial charge >= 0.3 is 0 Å². The Labute approximate surface area is 129 Å². The van der Waals surface area contributed by atoms with Gasteiger partial charge in [-0.3, -0.25) is 0 Å². The molecule has 22 heavy (non-hydrogen) atoms. The molecule has 1 unspecified atom stereocenters. The Morgan fingerprint density at radius 2 is 1.82 bits per heavy atom. The van der Waals surface area contributed by atoms with Crippen LogP contribution in [0.4, 0.5) is 8.78 Å². The Bertz CT molecular complexity index is 645. The van der Waals surface area contributed by atoms with Gasteiger partial charge in [-0.25, -0.2) is 17.2 Å². The number of benzene rings is 1. The fourth-order valence-corrected chi connectivity index (χ4v) is 5.14. The summed E-state index contributed by atoms with van der Waals surface area (Å²) in [6, 6.07) is 2.43. The molecule has 1 atom stereocenters. The van der Waals surface area contributed by atoms with Crippen LogP contribution < -0.4 is 0 Å². The fraction of sp³-hybridized carbons (Fsp3) is 0.600. The van der Waals surface area contributed by atoms with Crippen LogP contribution in [0.25, 0.3) is 0 Å². The van der Waals surface area contributed by atoms with Crippen molar-refractivity contribution in [1.29, 1.82) is 0 Å². The van der Waals surface area contributed by atoms with E-state index in [1.54, 1.807) is 0 Å². The Hall–Kier alpha value is -1.05. The second-order valence-corrected chi connectivity index (χ2v) is 7.85. The molecule has 2 aliphatic rings. The van der Waals surface area contributed by atoms with Gasteiger partial charge in [0.2, 0.25) is 10.0 Å². The molecule has 4 nitrogen and oxygen atoms in total. The molecule has 0 N–H and O–H groups in total. The first kappa shape index (κ1) is 15.8. The van der Waals surface area contributed by atoms with Crippen LogP contribution in [0.1, 0.15) is 25.7 Å². The molecule has 0 aromatic heterocycles. The van der Waals surface area contributed by atoms with Crippen molar-refractivity contribution < 1.29 is 17.2 Å². The summed E-state index contributed by atoms with van der Waals surface area (Å²) in [5.41, 5.74) is 0. The number of hydrogen-bond donors (Lipinski definition) is 0. The van der Waals surface area contributed by atoms with Gasteiger partial charge < -0.3 is 4.90 Å². The van der Waals surface area contributed by atoms with Crippen molar-refractivity contribution in [3.05, 3.63) is 29.8 Å². The van der Waals surface area contributed by atoms with Gasteiger partial charge in [0.25, 0.3) is 0 Å². The summed E-state index contributed by atoms with van der Waals surface area (Å²) in [6.07, 6.45) is 3.80. The number of sulfonamides is 1. The van der Waals surface area contributed by atoms with E-state index in [0.717, 1.165) is 57.0 Å². The highest BCUT2D eigenvalue weighted by molar-refractivity contribution is 7.89. The van der Waals surface area contributed by atoms with Crippen LogP contribution in [0, 0.1) is 11.6 Å². The van der Waals surface area contributed by atoms with Crippen molar-refractivity contribution in [3.8, 4) is 0 Å². The average molecular weight is 330 g/mol. The van der Waals surface area contributed by atoms with Gasteiger partial charge in [0.05, 0.1) is 0 Å². The monoisotopic (exact) mass is 330 g/mol. The van der Waals surface area contributed by atoms with E-state index in [1.165, 1.54) is 4.31 Å². The summed E-state index contributed by atoms with van der Waals surface area (Å²) in [4.78, 5) is 1.70. The number of nitrogens with zero attached hydrogens (tertiary/aromatic N) is 2. The molecule has 3 rings (SSSR count). The Morgan fingerprint density at radius 3 is 2.55 bits per heavy atom. The lowest BCUT2D eigenvalue weighted by Gasteiger charge is -2.28. The van der Waals surface area contributed by atoms with Gasteiger partial charge in [-0.05, 0) is 57.0 Å². The molecule has 2 fully saturated rings. The zero-order valence-electron chi connectivity index (χ0n) is 12.3. The summed E-state index contributed by atoms with van der Waals surface area (Å²) in [5.74, 6) is -1.64. The summed E-state index contributed by atoms with van der Waals surface area (Å²) < 4.78 is 53.9. The molecule has 0 amide bonds. The summed E-state index contributed by atoms with van der Waals surface area (Å²) in [5, 5.41) is 0. The van der Waals surface area contributed by atoms with Crippen molar-refractivity contribution in [2.45, 2.75) is 36.6 Å². The minimum atomic E-state index is -3.99. The van der Waals surface area contributed by atoms with Crippen LogP contribution in [-0.4, -0.2) is 49.8 Å². The molecule has 2 saturated heterocycles. The smallest absolute Gasteiger partial charge is 0.246 e. The molecular weight excluding hydrogens is 310 g/mol. The normalized spacial score (nSPS) is 24.2. The van der Waals surface area contributed by atoms with Crippen molar-refractivity contribution in [3.63, 3.8) is 0 Å². The van der Waals surface area contributed by atoms with E-state index >= 15 is 0 Å². The predicted octanol–water partition coefficient (Wildman–Crippen LogP) is 2.21. The number of halogens is 2. The minimum Gasteiger partial charge on any atom is -0.302 e. The van der Waals surface area contributed by atoms with Gasteiger partial charge in [-0.2, -0.15) is 4.31 Å². The standard InChI is InChI=1S/C15H20F2N2O2S/c16-12-5-6-14(17)15(10-12)22(20,21)19-9-3-4-13(19)11-18-7-1-2-8-18/h5-6,10,13H,1-4,7-9,11H2. The molecule has 0 spiro atoms. The predicted molar refractivity (Wildman–Crippen MR) is 78.9 cm³/mol. The van der Waals surface area contributed by atoms with E-state index in [0.29, 0.717) is 13.1 Å². The summed E-state index contributed by atoms with van der Waals surface area (Å²) >= 11 is 0. The average Bonchev–Trinajstić information content (AvgIpc) is 3.13. The second kappa shape index (κ2) is 6.22. The second-order valence-electron chi connectivity index (χ2n) is 5.99. The van der Waals surface area contributed by atoms with Crippen LogP contribution in [0.3, 0.4) is 0 Å². The van der Waals surface area contributed by atoms with Gasteiger partial charge in [0, 0.05) is 19.1 Å². The van der Waals surface area contributed by atoms with Crippen LogP contribution in [0.5, 0.6) is 0 Å². The lowest BCUT2D eigenvalue weighted by atomic mass is 10.2. The third-order valence-electron chi connectivity index (χ3n) is 4.47. The van der Waals surface area contributed by atoms with Gasteiger partial charge in [0.15, 0.2) is 0 Å². The molecule has 2 aliphatic heterocycles. The third-order valence-corrected chi connectivity index (χ3v) is 6.44. The molecular formula is C15H20F2N2O2S. The van der Waals surface area contributed by atoms with Crippen LogP contribution in [0.15, 0.2) is 23.1 Å². The topological polar surface area (TPSA) is 40.6 Å². The first-order valence-corrected chi connectivity index (χ1v) is 9.12. The van der Waals surface area contributed by atoms with E-state index in [2.05, 4.69) is 4.90 Å². The van der Waals surface area contributed by atoms with Crippen molar-refractivity contribution in [1.82, 2.24) is 9.21 Å². The van der Waals surface area contributed by atoms with E-state index < -0.39 is 26.6 Å². The zero-order valence-corrected chi connectivity index (χ0v) is 13.2. The molecule has 0 radical (unpaired) electrons. The van der Waals surface area contributed by atoms with Crippen molar-refractivity contribution in [2.24, 2.45) is 0 Å². The van der Waals surface area contributed by atoms with E-state index in [-0.39, 0.29) is 6.04 Å². The van der Waals surface area contributed by atoms with E-state index in [1.807, 2.05) is 0 Å². The maximum Gasteiger partial charge on any atom is 0.246 e. The maximum atomic E-state index is 13.9. The fourth-order valence-electron chi connectivity index (χ4n) is 3.37. The maximum absolute atomic E-state index is 13.9. The Kier molecular flexibility index (Phi) is 4.47. The van der Waals surface area contributed by atoms with Crippen molar-refractivity contribution >= 4 is 10.0 Å². The highest BCUT2D eigenvalue weighted by Gasteiger charge is 2.37. The lowest BCUT2D eigenvalue weighted by Crippen LogP contribution is -2.42. The third kappa shape index (κ3) is 3.02. The molecule has 122 valence electrons. The number of likely N-dealkylation sites (tertiary alicyclic amines) is 1. The molecule has 7 heteroatoms. The highest BCUT2D eigenvalue weighted by atomic mass is 32.2. The summed E-state index contributed by atoms with van der Waals surface area (Å²) in [6.45, 7) is 3.02. The first-order chi connectivity index (χ1) is 10.5. The van der Waals surface area contributed by atoms with Crippen LogP contribution in [-0.2, 0) is 10.0 Å². The van der Waals surface area contributed by atoms with Crippen LogP contribution >= 0.6 is 0 Å². The van der Waals surface area contributed by atoms with Crippen molar-refractivity contribution in [2.75, 3.05) is 26.2 Å². The van der Waals surface area contributed by atoms with Gasteiger partial charge in [-0.1, -0.05) is 0 Å². The summed E-state index contributed by atoms with van der Waals surface area (Å²) in [7, 11) is -3.99. The molecule has 1 aromatic rings. The molecule has 0 saturated carbocycles. The molecule has 0 aliphatic carbocycles. The molecule has 2 heterocycles.